The predicted octanol–water partition coefficient (Wildman–Crippen LogP) is 3.76. The van der Waals surface area contributed by atoms with Crippen molar-refractivity contribution in [3.05, 3.63) is 65.1 Å². The van der Waals surface area contributed by atoms with Crippen molar-refractivity contribution in [2.45, 2.75) is 6.42 Å². The van der Waals surface area contributed by atoms with Gasteiger partial charge in [-0.1, -0.05) is 30.3 Å². The van der Waals surface area contributed by atoms with E-state index in [4.69, 9.17) is 4.74 Å². The van der Waals surface area contributed by atoms with Crippen molar-refractivity contribution in [1.29, 1.82) is 0 Å². The van der Waals surface area contributed by atoms with E-state index in [2.05, 4.69) is 5.32 Å². The fraction of sp³-hybridized carbons (Fsp3) is 0.150. The van der Waals surface area contributed by atoms with Gasteiger partial charge in [-0.2, -0.15) is 0 Å². The summed E-state index contributed by atoms with van der Waals surface area (Å²) < 4.78 is 5.10. The molecule has 2 aromatic rings. The fourth-order valence-corrected chi connectivity index (χ4v) is 3.37. The number of nitrogens with zero attached hydrogens (tertiary/aromatic N) is 1. The van der Waals surface area contributed by atoms with Gasteiger partial charge in [-0.25, -0.2) is 0 Å². The van der Waals surface area contributed by atoms with Gasteiger partial charge in [-0.3, -0.25) is 19.3 Å². The first-order valence-electron chi connectivity index (χ1n) is 8.31. The second kappa shape index (κ2) is 8.55. The molecule has 0 saturated carbocycles. The molecule has 0 aliphatic carbocycles. The first-order valence-corrected chi connectivity index (χ1v) is 9.13. The van der Waals surface area contributed by atoms with Crippen molar-refractivity contribution in [1.82, 2.24) is 4.90 Å². The van der Waals surface area contributed by atoms with Gasteiger partial charge in [0.05, 0.1) is 12.0 Å². The molecule has 0 atom stereocenters. The number of methoxy groups -OCH3 is 1. The largest absolute Gasteiger partial charge is 0.497 e. The van der Waals surface area contributed by atoms with E-state index >= 15 is 0 Å². The van der Waals surface area contributed by atoms with E-state index in [-0.39, 0.29) is 30.0 Å². The first kappa shape index (κ1) is 18.7. The van der Waals surface area contributed by atoms with E-state index < -0.39 is 0 Å². The number of carbonyl (C=O) groups excluding carboxylic acids is 3. The molecule has 1 N–H and O–H groups in total. The Balaban J connectivity index is 1.60. The summed E-state index contributed by atoms with van der Waals surface area (Å²) in [6.45, 7) is 0.0449. The van der Waals surface area contributed by atoms with Crippen molar-refractivity contribution in [3.63, 3.8) is 0 Å². The molecule has 3 amide bonds. The number of anilines is 1. The average molecular weight is 382 g/mol. The zero-order valence-electron chi connectivity index (χ0n) is 14.7. The van der Waals surface area contributed by atoms with Crippen LogP contribution in [0.2, 0.25) is 0 Å². The van der Waals surface area contributed by atoms with Crippen LogP contribution in [0.25, 0.3) is 6.08 Å². The van der Waals surface area contributed by atoms with Crippen LogP contribution in [0.1, 0.15) is 12.0 Å². The number of rotatable bonds is 6. The molecule has 1 heterocycles. The van der Waals surface area contributed by atoms with E-state index in [0.29, 0.717) is 16.3 Å². The summed E-state index contributed by atoms with van der Waals surface area (Å²) in [7, 11) is 1.58. The van der Waals surface area contributed by atoms with Gasteiger partial charge in [-0.15, -0.1) is 0 Å². The van der Waals surface area contributed by atoms with Gasteiger partial charge in [0.15, 0.2) is 0 Å². The van der Waals surface area contributed by atoms with Gasteiger partial charge >= 0.3 is 0 Å². The number of imide groups is 1. The van der Waals surface area contributed by atoms with Gasteiger partial charge in [0.1, 0.15) is 5.75 Å². The summed E-state index contributed by atoms with van der Waals surface area (Å²) in [6.07, 6.45) is 1.71. The lowest BCUT2D eigenvalue weighted by Crippen LogP contribution is -2.31. The second-order valence-electron chi connectivity index (χ2n) is 5.77. The van der Waals surface area contributed by atoms with Gasteiger partial charge in [0.25, 0.3) is 11.1 Å². The first-order chi connectivity index (χ1) is 13.1. The number of amides is 3. The minimum Gasteiger partial charge on any atom is -0.497 e. The van der Waals surface area contributed by atoms with Crippen molar-refractivity contribution in [3.8, 4) is 5.75 Å². The molecule has 6 nitrogen and oxygen atoms in total. The predicted molar refractivity (Wildman–Crippen MR) is 105 cm³/mol. The quantitative estimate of drug-likeness (QED) is 0.770. The molecule has 0 radical (unpaired) electrons. The van der Waals surface area contributed by atoms with Crippen LogP contribution in [0.4, 0.5) is 10.5 Å². The zero-order valence-corrected chi connectivity index (χ0v) is 15.5. The Kier molecular flexibility index (Phi) is 5.93. The normalized spacial score (nSPS) is 15.3. The van der Waals surface area contributed by atoms with Crippen molar-refractivity contribution < 1.29 is 19.1 Å². The third-order valence-electron chi connectivity index (χ3n) is 3.91. The SMILES string of the molecule is COc1ccc(/C=C2\SC(=O)N(CCC(=O)Nc3ccccc3)C2=O)cc1. The van der Waals surface area contributed by atoms with E-state index in [0.717, 1.165) is 22.2 Å². The molecule has 1 fully saturated rings. The van der Waals surface area contributed by atoms with Crippen LogP contribution in [0, 0.1) is 0 Å². The Morgan fingerprint density at radius 1 is 1.11 bits per heavy atom. The number of thioether (sulfide) groups is 1. The molecule has 27 heavy (non-hydrogen) atoms. The van der Waals surface area contributed by atoms with Crippen molar-refractivity contribution >= 4 is 40.6 Å². The van der Waals surface area contributed by atoms with E-state index in [1.807, 2.05) is 18.2 Å². The smallest absolute Gasteiger partial charge is 0.293 e. The highest BCUT2D eigenvalue weighted by atomic mass is 32.2. The van der Waals surface area contributed by atoms with E-state index in [1.165, 1.54) is 0 Å². The molecule has 138 valence electrons. The summed E-state index contributed by atoms with van der Waals surface area (Å²) in [5, 5.41) is 2.37. The van der Waals surface area contributed by atoms with Gasteiger partial charge in [-0.05, 0) is 47.7 Å². The Morgan fingerprint density at radius 3 is 2.48 bits per heavy atom. The molecular weight excluding hydrogens is 364 g/mol. The molecule has 7 heteroatoms. The molecule has 0 bridgehead atoms. The van der Waals surface area contributed by atoms with Crippen LogP contribution in [0.3, 0.4) is 0 Å². The Labute approximate surface area is 161 Å². The molecule has 1 aliphatic rings. The van der Waals surface area contributed by atoms with Crippen LogP contribution >= 0.6 is 11.8 Å². The van der Waals surface area contributed by atoms with Gasteiger partial charge in [0.2, 0.25) is 5.91 Å². The number of nitrogens with one attached hydrogen (secondary N) is 1. The van der Waals surface area contributed by atoms with Gasteiger partial charge < -0.3 is 10.1 Å². The highest BCUT2D eigenvalue weighted by molar-refractivity contribution is 8.18. The standard InChI is InChI=1S/C20H18N2O4S/c1-26-16-9-7-14(8-10-16)13-17-19(24)22(20(25)27-17)12-11-18(23)21-15-5-3-2-4-6-15/h2-10,13H,11-12H2,1H3,(H,21,23)/b17-13-. The maximum absolute atomic E-state index is 12.5. The van der Waals surface area contributed by atoms with E-state index in [1.54, 1.807) is 49.6 Å². The number of benzene rings is 2. The molecular formula is C20H18N2O4S. The minimum atomic E-state index is -0.381. The summed E-state index contributed by atoms with van der Waals surface area (Å²) in [5.41, 5.74) is 1.47. The van der Waals surface area contributed by atoms with Crippen LogP contribution in [0.15, 0.2) is 59.5 Å². The summed E-state index contributed by atoms with van der Waals surface area (Å²) in [4.78, 5) is 38.1. The van der Waals surface area contributed by atoms with Crippen molar-refractivity contribution in [2.24, 2.45) is 0 Å². The third kappa shape index (κ3) is 4.77. The highest BCUT2D eigenvalue weighted by Crippen LogP contribution is 2.32. The van der Waals surface area contributed by atoms with Crippen LogP contribution in [-0.4, -0.2) is 35.6 Å². The molecule has 0 aromatic heterocycles. The lowest BCUT2D eigenvalue weighted by molar-refractivity contribution is -0.123. The maximum Gasteiger partial charge on any atom is 0.293 e. The second-order valence-corrected chi connectivity index (χ2v) is 6.76. The van der Waals surface area contributed by atoms with Crippen molar-refractivity contribution in [2.75, 3.05) is 19.0 Å². The van der Waals surface area contributed by atoms with Crippen LogP contribution in [0.5, 0.6) is 5.75 Å². The lowest BCUT2D eigenvalue weighted by atomic mass is 10.2. The average Bonchev–Trinajstić information content (AvgIpc) is 2.94. The molecule has 3 rings (SSSR count). The molecule has 1 aliphatic heterocycles. The number of carbonyl (C=O) groups is 3. The van der Waals surface area contributed by atoms with E-state index in [9.17, 15) is 14.4 Å². The number of para-hydroxylation sites is 1. The summed E-state index contributed by atoms with van der Waals surface area (Å²) >= 11 is 0.878. The Morgan fingerprint density at radius 2 is 1.81 bits per heavy atom. The zero-order chi connectivity index (χ0) is 19.2. The summed E-state index contributed by atoms with van der Waals surface area (Å²) in [5.74, 6) is 0.0809. The Hall–Kier alpha value is -3.06. The monoisotopic (exact) mass is 382 g/mol. The molecule has 0 unspecified atom stereocenters. The maximum atomic E-state index is 12.5. The molecule has 2 aromatic carbocycles. The third-order valence-corrected chi connectivity index (χ3v) is 4.81. The Bertz CT molecular complexity index is 879. The van der Waals surface area contributed by atoms with Crippen LogP contribution in [-0.2, 0) is 9.59 Å². The van der Waals surface area contributed by atoms with Crippen LogP contribution < -0.4 is 10.1 Å². The molecule has 0 spiro atoms. The minimum absolute atomic E-state index is 0.0444. The molecule has 1 saturated heterocycles. The summed E-state index contributed by atoms with van der Waals surface area (Å²) in [6, 6.07) is 16.2. The number of hydrogen-bond donors (Lipinski definition) is 1. The topological polar surface area (TPSA) is 75.7 Å². The fourth-order valence-electron chi connectivity index (χ4n) is 2.50. The number of ether oxygens (including phenoxy) is 1. The highest BCUT2D eigenvalue weighted by Gasteiger charge is 2.35. The number of hydrogen-bond acceptors (Lipinski definition) is 5. The lowest BCUT2D eigenvalue weighted by Gasteiger charge is -2.12. The van der Waals surface area contributed by atoms with Gasteiger partial charge in [0, 0.05) is 18.7 Å².